The van der Waals surface area contributed by atoms with E-state index < -0.39 is 10.0 Å². The zero-order chi connectivity index (χ0) is 41.3. The van der Waals surface area contributed by atoms with E-state index in [9.17, 15) is 0 Å². The summed E-state index contributed by atoms with van der Waals surface area (Å²) in [7, 11) is -1.21. The molecule has 0 saturated heterocycles. The van der Waals surface area contributed by atoms with Gasteiger partial charge in [-0.15, -0.1) is 0 Å². The zero-order valence-corrected chi connectivity index (χ0v) is 36.7. The average molecular weight is 820 g/mol. The number of rotatable bonds is 3. The highest BCUT2D eigenvalue weighted by atomic mass is 32.3. The third-order valence-electron chi connectivity index (χ3n) is 16.8. The lowest BCUT2D eigenvalue weighted by molar-refractivity contribution is -0.0399. The second-order valence-electron chi connectivity index (χ2n) is 20.5. The molecule has 4 heteroatoms. The van der Waals surface area contributed by atoms with Gasteiger partial charge in [0.05, 0.1) is 0 Å². The molecule has 4 bridgehead atoms. The molecule has 15 rings (SSSR count). The first-order valence-electron chi connectivity index (χ1n) is 22.8. The van der Waals surface area contributed by atoms with Gasteiger partial charge in [0.15, 0.2) is 17.5 Å². The summed E-state index contributed by atoms with van der Waals surface area (Å²) in [4.78, 5) is 19.1. The molecule has 4 saturated carbocycles. The summed E-state index contributed by atoms with van der Waals surface area (Å²) in [5.74, 6) is 5.24. The summed E-state index contributed by atoms with van der Waals surface area (Å²) < 4.78 is 0. The van der Waals surface area contributed by atoms with E-state index in [-0.39, 0.29) is 10.8 Å². The summed E-state index contributed by atoms with van der Waals surface area (Å²) >= 11 is 0. The fourth-order valence-corrected chi connectivity index (χ4v) is 16.7. The van der Waals surface area contributed by atoms with Gasteiger partial charge in [0.25, 0.3) is 0 Å². The van der Waals surface area contributed by atoms with Gasteiger partial charge in [-0.3, -0.25) is 0 Å². The van der Waals surface area contributed by atoms with Crippen molar-refractivity contribution in [2.75, 3.05) is 12.5 Å². The van der Waals surface area contributed by atoms with Gasteiger partial charge in [-0.25, -0.2) is 15.0 Å². The molecule has 6 aliphatic carbocycles. The van der Waals surface area contributed by atoms with Crippen LogP contribution in [0, 0.1) is 23.7 Å². The standard InChI is InChI=1S/C58H49N3S/c1-57(2)48-17-11-10-16-42(48)43-20-18-38(28-49(43)57)55-59-54(35-12-6-5-7-13-35)60-56(61-55)39-19-21-44-45-32-53-47(46-27-36-14-8-9-15-37(36)30-52(46)62(53,3)4)31-51(45)58(50(44)29-39)40-23-33-22-34(25-40)26-41(58)24-33/h5-21,27-34,40-41H,22-26H2,1-4H3. The third kappa shape index (κ3) is 4.61. The Labute approximate surface area is 366 Å². The number of benzene rings is 7. The van der Waals surface area contributed by atoms with Crippen molar-refractivity contribution in [2.24, 2.45) is 23.7 Å². The molecule has 0 atom stereocenters. The van der Waals surface area contributed by atoms with E-state index in [4.69, 9.17) is 15.0 Å². The van der Waals surface area contributed by atoms with E-state index in [1.807, 2.05) is 0 Å². The molecule has 1 spiro atoms. The Morgan fingerprint density at radius 2 is 0.935 bits per heavy atom. The maximum Gasteiger partial charge on any atom is 0.164 e. The Hall–Kier alpha value is -5.84. The fourth-order valence-electron chi connectivity index (χ4n) is 14.2. The summed E-state index contributed by atoms with van der Waals surface area (Å²) in [5, 5.41) is 2.69. The molecule has 7 aliphatic rings. The van der Waals surface area contributed by atoms with Crippen LogP contribution in [0.3, 0.4) is 0 Å². The van der Waals surface area contributed by atoms with Crippen molar-refractivity contribution in [3.05, 3.63) is 162 Å². The molecule has 0 N–H and O–H groups in total. The van der Waals surface area contributed by atoms with Crippen molar-refractivity contribution in [3.63, 3.8) is 0 Å². The Balaban J connectivity index is 0.964. The molecule has 0 unspecified atom stereocenters. The van der Waals surface area contributed by atoms with Crippen molar-refractivity contribution in [3.8, 4) is 67.5 Å². The van der Waals surface area contributed by atoms with Gasteiger partial charge >= 0.3 is 0 Å². The molecule has 3 nitrogen and oxygen atoms in total. The molecule has 0 amide bonds. The first-order chi connectivity index (χ1) is 30.2. The molecule has 1 aromatic heterocycles. The van der Waals surface area contributed by atoms with Crippen LogP contribution in [0.1, 0.15) is 68.2 Å². The molecule has 302 valence electrons. The maximum atomic E-state index is 5.42. The first-order valence-corrected chi connectivity index (χ1v) is 25.3. The van der Waals surface area contributed by atoms with Crippen molar-refractivity contribution in [1.82, 2.24) is 15.0 Å². The Morgan fingerprint density at radius 1 is 0.419 bits per heavy atom. The average Bonchev–Trinajstić information content (AvgIpc) is 3.80. The largest absolute Gasteiger partial charge is 0.208 e. The first kappa shape index (κ1) is 35.7. The predicted octanol–water partition coefficient (Wildman–Crippen LogP) is 14.5. The summed E-state index contributed by atoms with van der Waals surface area (Å²) in [6.45, 7) is 4.69. The number of hydrogen-bond donors (Lipinski definition) is 0. The van der Waals surface area contributed by atoms with E-state index in [0.717, 1.165) is 46.0 Å². The van der Waals surface area contributed by atoms with E-state index in [2.05, 4.69) is 166 Å². The lowest BCUT2D eigenvalue weighted by Gasteiger charge is -2.61. The van der Waals surface area contributed by atoms with Crippen LogP contribution in [0.15, 0.2) is 149 Å². The molecule has 62 heavy (non-hydrogen) atoms. The highest BCUT2D eigenvalue weighted by Gasteiger charge is 2.62. The van der Waals surface area contributed by atoms with Crippen molar-refractivity contribution in [2.45, 2.75) is 66.6 Å². The van der Waals surface area contributed by atoms with Gasteiger partial charge < -0.3 is 0 Å². The molecular weight excluding hydrogens is 771 g/mol. The summed E-state index contributed by atoms with van der Waals surface area (Å²) in [6, 6.07) is 52.9. The van der Waals surface area contributed by atoms with Crippen molar-refractivity contribution in [1.29, 1.82) is 0 Å². The SMILES string of the molecule is CC1(C)c2ccccc2-c2ccc(-c3nc(-c4ccccc4)nc(-c4ccc5c(c4)C4(c6cc7c(cc6-5)S(C)(C)c5cc6ccccc6cc5-7)C5CC6CC(C5)CC4C6)n3)cc21. The van der Waals surface area contributed by atoms with Crippen LogP contribution >= 0.6 is 10.0 Å². The topological polar surface area (TPSA) is 38.7 Å². The van der Waals surface area contributed by atoms with Gasteiger partial charge in [0.1, 0.15) is 0 Å². The van der Waals surface area contributed by atoms with Crippen LogP contribution in [0.2, 0.25) is 0 Å². The molecule has 0 radical (unpaired) electrons. The summed E-state index contributed by atoms with van der Waals surface area (Å²) in [6.07, 6.45) is 11.9. The van der Waals surface area contributed by atoms with Gasteiger partial charge in [-0.2, -0.15) is 10.0 Å². The number of fused-ring (bicyclic) bond motifs is 10. The minimum atomic E-state index is -1.21. The third-order valence-corrected chi connectivity index (χ3v) is 19.6. The van der Waals surface area contributed by atoms with E-state index >= 15 is 0 Å². The van der Waals surface area contributed by atoms with Crippen LogP contribution < -0.4 is 0 Å². The molecule has 8 aromatic rings. The molecule has 1 aliphatic heterocycles. The second-order valence-corrected chi connectivity index (χ2v) is 24.0. The second kappa shape index (κ2) is 12.2. The van der Waals surface area contributed by atoms with Gasteiger partial charge in [0, 0.05) is 37.3 Å². The Kier molecular flexibility index (Phi) is 7.03. The van der Waals surface area contributed by atoms with Crippen LogP contribution in [0.4, 0.5) is 0 Å². The van der Waals surface area contributed by atoms with E-state index in [1.165, 1.54) is 92.9 Å². The van der Waals surface area contributed by atoms with Gasteiger partial charge in [-0.1, -0.05) is 117 Å². The number of nitrogens with zero attached hydrogens (tertiary/aromatic N) is 3. The summed E-state index contributed by atoms with van der Waals surface area (Å²) in [5.41, 5.74) is 17.4. The Morgan fingerprint density at radius 3 is 1.63 bits per heavy atom. The molecule has 4 fully saturated rings. The van der Waals surface area contributed by atoms with E-state index in [1.54, 1.807) is 15.4 Å². The monoisotopic (exact) mass is 819 g/mol. The fraction of sp³-hybridized carbons (Fsp3) is 0.259. The van der Waals surface area contributed by atoms with Crippen molar-refractivity contribution >= 4 is 20.8 Å². The number of aromatic nitrogens is 3. The van der Waals surface area contributed by atoms with E-state index in [0.29, 0.717) is 11.8 Å². The normalized spacial score (nSPS) is 25.0. The minimum Gasteiger partial charge on any atom is -0.208 e. The Bertz CT molecular complexity index is 3240. The molecule has 7 aromatic carbocycles. The minimum absolute atomic E-state index is 0.000890. The number of hydrogen-bond acceptors (Lipinski definition) is 3. The van der Waals surface area contributed by atoms with Gasteiger partial charge in [0.2, 0.25) is 0 Å². The molecule has 2 heterocycles. The van der Waals surface area contributed by atoms with Crippen LogP contribution in [0.25, 0.3) is 78.3 Å². The lowest BCUT2D eigenvalue weighted by atomic mass is 9.43. The van der Waals surface area contributed by atoms with Crippen LogP contribution in [-0.4, -0.2) is 27.5 Å². The zero-order valence-electron chi connectivity index (χ0n) is 35.9. The predicted molar refractivity (Wildman–Crippen MR) is 256 cm³/mol. The molecular formula is C58H49N3S. The van der Waals surface area contributed by atoms with Crippen LogP contribution in [-0.2, 0) is 10.8 Å². The van der Waals surface area contributed by atoms with Crippen LogP contribution in [0.5, 0.6) is 0 Å². The maximum absolute atomic E-state index is 5.42. The lowest BCUT2D eigenvalue weighted by Crippen LogP contribution is -2.55. The quantitative estimate of drug-likeness (QED) is 0.178. The smallest absolute Gasteiger partial charge is 0.164 e. The van der Waals surface area contributed by atoms with Gasteiger partial charge in [-0.05, 0) is 171 Å². The van der Waals surface area contributed by atoms with Crippen molar-refractivity contribution < 1.29 is 0 Å². The highest BCUT2D eigenvalue weighted by Crippen LogP contribution is 2.73. The highest BCUT2D eigenvalue weighted by molar-refractivity contribution is 8.33.